The van der Waals surface area contributed by atoms with Crippen molar-refractivity contribution in [1.82, 2.24) is 5.32 Å². The molecule has 2 aromatic rings. The maximum absolute atomic E-state index is 8.95. The van der Waals surface area contributed by atoms with E-state index in [1.807, 2.05) is 26.2 Å². The highest BCUT2D eigenvalue weighted by molar-refractivity contribution is 5.34. The van der Waals surface area contributed by atoms with Crippen LogP contribution >= 0.6 is 0 Å². The molecule has 4 nitrogen and oxygen atoms in total. The summed E-state index contributed by atoms with van der Waals surface area (Å²) in [7, 11) is 3.75. The molecular weight excluding hydrogens is 290 g/mol. The van der Waals surface area contributed by atoms with E-state index in [1.165, 1.54) is 5.56 Å². The largest absolute Gasteiger partial charge is 0.508 e. The Kier molecular flexibility index (Phi) is 8.80. The summed E-state index contributed by atoms with van der Waals surface area (Å²) < 4.78 is 5.54. The Balaban J connectivity index is 0.000000200. The molecular formula is C19H27NO3. The molecule has 1 atom stereocenters. The lowest BCUT2D eigenvalue weighted by atomic mass is 9.99. The summed E-state index contributed by atoms with van der Waals surface area (Å²) >= 11 is 0. The average Bonchev–Trinajstić information content (AvgIpc) is 2.56. The third kappa shape index (κ3) is 6.72. The minimum absolute atomic E-state index is 0.104. The van der Waals surface area contributed by atoms with Crippen LogP contribution in [0.1, 0.15) is 18.1 Å². The molecule has 0 radical (unpaired) electrons. The fourth-order valence-corrected chi connectivity index (χ4v) is 2.12. The first kappa shape index (κ1) is 19.0. The molecule has 1 aliphatic heterocycles. The van der Waals surface area contributed by atoms with Gasteiger partial charge in [-0.1, -0.05) is 43.3 Å². The fourth-order valence-electron chi connectivity index (χ4n) is 2.12. The van der Waals surface area contributed by atoms with Gasteiger partial charge in [-0.15, -0.1) is 0 Å². The number of para-hydroxylation sites is 2. The summed E-state index contributed by atoms with van der Waals surface area (Å²) in [5, 5.41) is 20.3. The van der Waals surface area contributed by atoms with E-state index in [1.54, 1.807) is 24.3 Å². The maximum Gasteiger partial charge on any atom is 0.122 e. The van der Waals surface area contributed by atoms with Crippen LogP contribution in [0.2, 0.25) is 0 Å². The molecule has 0 saturated heterocycles. The van der Waals surface area contributed by atoms with Gasteiger partial charge in [0.05, 0.1) is 13.2 Å². The Hall–Kier alpha value is -2.04. The summed E-state index contributed by atoms with van der Waals surface area (Å²) in [5.41, 5.74) is 1.92. The molecule has 0 bridgehead atoms. The number of hydrogen-bond donors (Lipinski definition) is 3. The molecule has 0 fully saturated rings. The first-order valence-electron chi connectivity index (χ1n) is 7.79. The van der Waals surface area contributed by atoms with Crippen LogP contribution in [-0.2, 0) is 13.0 Å². The van der Waals surface area contributed by atoms with Gasteiger partial charge in [0.25, 0.3) is 0 Å². The molecule has 4 heteroatoms. The third-order valence-corrected chi connectivity index (χ3v) is 3.23. The lowest BCUT2D eigenvalue weighted by Gasteiger charge is -2.21. The van der Waals surface area contributed by atoms with Gasteiger partial charge >= 0.3 is 0 Å². The van der Waals surface area contributed by atoms with E-state index in [0.717, 1.165) is 18.8 Å². The Morgan fingerprint density at radius 1 is 1.09 bits per heavy atom. The van der Waals surface area contributed by atoms with Crippen molar-refractivity contribution in [2.45, 2.75) is 20.0 Å². The molecule has 2 aromatic carbocycles. The van der Waals surface area contributed by atoms with E-state index in [-0.39, 0.29) is 12.4 Å². The lowest BCUT2D eigenvalue weighted by Crippen LogP contribution is -2.17. The molecule has 1 aliphatic rings. The Morgan fingerprint density at radius 3 is 2.30 bits per heavy atom. The maximum atomic E-state index is 8.95. The molecule has 0 unspecified atom stereocenters. The fraction of sp³-hybridized carbons (Fsp3) is 0.368. The normalized spacial score (nSPS) is 15.0. The second-order valence-electron chi connectivity index (χ2n) is 5.51. The zero-order valence-corrected chi connectivity index (χ0v) is 14.1. The zero-order valence-electron chi connectivity index (χ0n) is 14.1. The number of aromatic hydroxyl groups is 1. The van der Waals surface area contributed by atoms with Gasteiger partial charge in [-0.2, -0.15) is 0 Å². The third-order valence-electron chi connectivity index (χ3n) is 3.23. The molecule has 1 heterocycles. The van der Waals surface area contributed by atoms with Crippen molar-refractivity contribution < 1.29 is 14.9 Å². The topological polar surface area (TPSA) is 61.7 Å². The molecule has 23 heavy (non-hydrogen) atoms. The highest BCUT2D eigenvalue weighted by Crippen LogP contribution is 2.26. The quantitative estimate of drug-likeness (QED) is 0.757. The first-order valence-corrected chi connectivity index (χ1v) is 7.79. The van der Waals surface area contributed by atoms with E-state index in [0.29, 0.717) is 11.5 Å². The van der Waals surface area contributed by atoms with Crippen LogP contribution in [0.4, 0.5) is 0 Å². The number of phenols is 1. The number of rotatable bonds is 1. The van der Waals surface area contributed by atoms with Crippen LogP contribution in [0.15, 0.2) is 48.5 Å². The van der Waals surface area contributed by atoms with Crippen molar-refractivity contribution in [1.29, 1.82) is 0 Å². The molecule has 3 rings (SSSR count). The second kappa shape index (κ2) is 10.6. The minimum atomic E-state index is -0.104. The van der Waals surface area contributed by atoms with Crippen LogP contribution in [-0.4, -0.2) is 30.9 Å². The SMILES string of the molecule is CNC.C[C@@H]1COc2ccccc2C1.OCc1ccccc1O. The van der Waals surface area contributed by atoms with Crippen LogP contribution in [0.5, 0.6) is 11.5 Å². The zero-order chi connectivity index (χ0) is 17.1. The van der Waals surface area contributed by atoms with Crippen LogP contribution < -0.4 is 10.1 Å². The van der Waals surface area contributed by atoms with Gasteiger partial charge in [-0.25, -0.2) is 0 Å². The average molecular weight is 317 g/mol. The monoisotopic (exact) mass is 317 g/mol. The van der Waals surface area contributed by atoms with E-state index in [2.05, 4.69) is 24.4 Å². The first-order chi connectivity index (χ1) is 11.1. The van der Waals surface area contributed by atoms with Gasteiger partial charge in [0.1, 0.15) is 11.5 Å². The van der Waals surface area contributed by atoms with Crippen molar-refractivity contribution >= 4 is 0 Å². The standard InChI is InChI=1S/C10H12O.C7H8O2.C2H7N/c1-8-6-9-4-2-3-5-10(9)11-7-8;8-5-6-3-1-2-4-7(6)9;1-3-2/h2-5,8H,6-7H2,1H3;1-4,8-9H,5H2;3H,1-2H3/t8-;;/m0../s1. The Bertz CT molecular complexity index is 572. The summed E-state index contributed by atoms with van der Waals surface area (Å²) in [6.07, 6.45) is 1.16. The van der Waals surface area contributed by atoms with E-state index in [9.17, 15) is 0 Å². The molecule has 0 saturated carbocycles. The van der Waals surface area contributed by atoms with E-state index < -0.39 is 0 Å². The lowest BCUT2D eigenvalue weighted by molar-refractivity contribution is 0.234. The van der Waals surface area contributed by atoms with Gasteiger partial charge in [-0.05, 0) is 44.1 Å². The van der Waals surface area contributed by atoms with Crippen LogP contribution in [0.25, 0.3) is 0 Å². The molecule has 0 aromatic heterocycles. The summed E-state index contributed by atoms with van der Waals surface area (Å²) in [6.45, 7) is 2.99. The number of aliphatic hydroxyl groups excluding tert-OH is 1. The molecule has 0 amide bonds. The second-order valence-corrected chi connectivity index (χ2v) is 5.51. The van der Waals surface area contributed by atoms with Gasteiger partial charge < -0.3 is 20.3 Å². The van der Waals surface area contributed by atoms with Crippen molar-refractivity contribution in [3.05, 3.63) is 59.7 Å². The van der Waals surface area contributed by atoms with Crippen LogP contribution in [0, 0.1) is 5.92 Å². The van der Waals surface area contributed by atoms with Gasteiger partial charge in [0.2, 0.25) is 0 Å². The molecule has 3 N–H and O–H groups in total. The number of benzene rings is 2. The van der Waals surface area contributed by atoms with Crippen LogP contribution in [0.3, 0.4) is 0 Å². The van der Waals surface area contributed by atoms with Gasteiger partial charge in [0, 0.05) is 5.56 Å². The number of fused-ring (bicyclic) bond motifs is 1. The molecule has 126 valence electrons. The van der Waals surface area contributed by atoms with E-state index in [4.69, 9.17) is 14.9 Å². The minimum Gasteiger partial charge on any atom is -0.508 e. The predicted molar refractivity (Wildman–Crippen MR) is 93.8 cm³/mol. The van der Waals surface area contributed by atoms with Crippen molar-refractivity contribution in [3.63, 3.8) is 0 Å². The summed E-state index contributed by atoms with van der Waals surface area (Å²) in [6, 6.07) is 15.0. The van der Waals surface area contributed by atoms with Gasteiger partial charge in [-0.3, -0.25) is 0 Å². The smallest absolute Gasteiger partial charge is 0.122 e. The summed E-state index contributed by atoms with van der Waals surface area (Å²) in [4.78, 5) is 0. The van der Waals surface area contributed by atoms with Crippen molar-refractivity contribution in [2.75, 3.05) is 20.7 Å². The van der Waals surface area contributed by atoms with Crippen molar-refractivity contribution in [3.8, 4) is 11.5 Å². The summed E-state index contributed by atoms with van der Waals surface area (Å²) in [5.74, 6) is 1.90. The Labute approximate surface area is 138 Å². The highest BCUT2D eigenvalue weighted by Gasteiger charge is 2.14. The highest BCUT2D eigenvalue weighted by atomic mass is 16.5. The number of ether oxygens (including phenoxy) is 1. The molecule has 0 aliphatic carbocycles. The predicted octanol–water partition coefficient (Wildman–Crippen LogP) is 2.98. The number of nitrogens with one attached hydrogen (secondary N) is 1. The number of hydrogen-bond acceptors (Lipinski definition) is 4. The number of aliphatic hydroxyl groups is 1. The van der Waals surface area contributed by atoms with Gasteiger partial charge in [0.15, 0.2) is 0 Å². The Morgan fingerprint density at radius 2 is 1.70 bits per heavy atom. The van der Waals surface area contributed by atoms with Crippen molar-refractivity contribution in [2.24, 2.45) is 5.92 Å². The molecule has 0 spiro atoms. The van der Waals surface area contributed by atoms with E-state index >= 15 is 0 Å².